The number of furan rings is 1. The molecule has 0 aliphatic carbocycles. The van der Waals surface area contributed by atoms with Crippen LogP contribution in [-0.4, -0.2) is 0 Å². The molecule has 0 fully saturated rings. The summed E-state index contributed by atoms with van der Waals surface area (Å²) in [6.07, 6.45) is 0. The summed E-state index contributed by atoms with van der Waals surface area (Å²) in [6.45, 7) is 0. The minimum Gasteiger partial charge on any atom is -0.455 e. The van der Waals surface area contributed by atoms with Crippen molar-refractivity contribution in [1.29, 1.82) is 0 Å². The molecule has 49 heavy (non-hydrogen) atoms. The third-order valence-electron chi connectivity index (χ3n) is 7.94. The molecule has 0 aliphatic heterocycles. The summed E-state index contributed by atoms with van der Waals surface area (Å²) in [5, 5.41) is -5.59. The van der Waals surface area contributed by atoms with E-state index < -0.39 is 280 Å². The Labute approximate surface area is 326 Å². The quantitative estimate of drug-likeness (QED) is 0.172. The van der Waals surface area contributed by atoms with Gasteiger partial charge in [0.25, 0.3) is 0 Å². The maximum atomic E-state index is 9.61. The average molecular weight is 653 g/mol. The SMILES string of the molecule is [2H]c1c([2H])c([2H])c(-c2c([2H])c([2H])c([2H])c3oc4c(-c5c6c([2H])c([2H])c([2H])c([2H])c6c(-c6c([2H])c([2H])c(-c7c([2H])c([2H])c([2H])c8c([2H])c([2H])c([2H])c([2H])c78)c([2H])c6[2H])c6c([2H])c([2H])c([2H])c([2H])c56)c([2H])c([2H])c([2H])c4c23)c([2H])c1[2H]. The third kappa shape index (κ3) is 4.33. The van der Waals surface area contributed by atoms with Crippen molar-refractivity contribution in [2.45, 2.75) is 0 Å². The summed E-state index contributed by atoms with van der Waals surface area (Å²) < 4.78 is 276. The zero-order chi connectivity index (χ0) is 58.4. The zero-order valence-corrected chi connectivity index (χ0v) is 24.4. The van der Waals surface area contributed by atoms with Crippen LogP contribution in [-0.2, 0) is 0 Å². The summed E-state index contributed by atoms with van der Waals surface area (Å²) >= 11 is 0. The molecular formula is C48H30O. The van der Waals surface area contributed by atoms with Gasteiger partial charge < -0.3 is 4.42 Å². The largest absolute Gasteiger partial charge is 0.455 e. The van der Waals surface area contributed by atoms with Crippen LogP contribution < -0.4 is 0 Å². The maximum Gasteiger partial charge on any atom is 0.143 e. The molecular weight excluding hydrogens is 593 g/mol. The van der Waals surface area contributed by atoms with Crippen LogP contribution in [0.3, 0.4) is 0 Å². The molecule has 1 nitrogen and oxygen atoms in total. The van der Waals surface area contributed by atoms with Crippen molar-refractivity contribution >= 4 is 54.3 Å². The number of para-hydroxylation sites is 1. The van der Waals surface area contributed by atoms with Gasteiger partial charge in [0.05, 0.1) is 41.1 Å². The average Bonchev–Trinajstić information content (AvgIpc) is 4.08. The monoisotopic (exact) mass is 652 g/mol. The molecule has 1 aromatic heterocycles. The fraction of sp³-hybridized carbons (Fsp3) is 0. The normalized spacial score (nSPS) is 20.2. The molecule has 0 bridgehead atoms. The van der Waals surface area contributed by atoms with Gasteiger partial charge in [-0.1, -0.05) is 175 Å². The number of hydrogen-bond acceptors (Lipinski definition) is 1. The van der Waals surface area contributed by atoms with Gasteiger partial charge in [-0.05, 0) is 71.7 Å². The standard InChI is InChI=1S/C48H30O/c1-2-13-32(14-3-1)37-23-12-26-44-47(37)43-25-11-24-42(48(43)49-44)46-40-20-8-6-18-38(40)45(39-19-7-9-21-41(39)46)34-29-27-33(28-30-34)36-22-10-16-31-15-4-5-17-35(31)36/h1-30H/i1D,2D,3D,4D,5D,6D,7D,8D,9D,10D,11D,12D,13D,14D,15D,16D,17D,18D,19D,20D,21D,22D,23D,24D,25D,26D,27D,28D,29D,30D. The molecule has 10 aromatic rings. The van der Waals surface area contributed by atoms with Crippen LogP contribution in [0.25, 0.3) is 98.8 Å². The van der Waals surface area contributed by atoms with E-state index in [4.69, 9.17) is 30.5 Å². The van der Waals surface area contributed by atoms with Gasteiger partial charge in [-0.2, -0.15) is 0 Å². The summed E-state index contributed by atoms with van der Waals surface area (Å²) in [6, 6.07) is -29.1. The molecule has 10 rings (SSSR count). The molecule has 228 valence electrons. The number of hydrogen-bond donors (Lipinski definition) is 0. The molecule has 0 spiro atoms. The van der Waals surface area contributed by atoms with E-state index in [1.807, 2.05) is 0 Å². The number of benzene rings is 9. The zero-order valence-electron chi connectivity index (χ0n) is 54.4. The lowest BCUT2D eigenvalue weighted by atomic mass is 9.85. The summed E-state index contributed by atoms with van der Waals surface area (Å²) in [5.41, 5.74) is -7.68. The Morgan fingerprint density at radius 3 is 1.55 bits per heavy atom. The molecule has 0 radical (unpaired) electrons. The van der Waals surface area contributed by atoms with Crippen molar-refractivity contribution < 1.29 is 45.5 Å². The lowest BCUT2D eigenvalue weighted by molar-refractivity contribution is 0.670. The predicted molar refractivity (Wildman–Crippen MR) is 208 cm³/mol. The van der Waals surface area contributed by atoms with E-state index in [0.717, 1.165) is 0 Å². The highest BCUT2D eigenvalue weighted by molar-refractivity contribution is 6.25. The fourth-order valence-electron chi connectivity index (χ4n) is 5.91. The van der Waals surface area contributed by atoms with Gasteiger partial charge in [0, 0.05) is 21.9 Å². The van der Waals surface area contributed by atoms with E-state index in [1.165, 1.54) is 0 Å². The van der Waals surface area contributed by atoms with Gasteiger partial charge in [0.1, 0.15) is 11.2 Å². The van der Waals surface area contributed by atoms with Crippen LogP contribution in [0.1, 0.15) is 41.1 Å². The van der Waals surface area contributed by atoms with Crippen LogP contribution in [0.15, 0.2) is 186 Å². The van der Waals surface area contributed by atoms with Gasteiger partial charge in [-0.15, -0.1) is 0 Å². The Hall–Kier alpha value is -6.44. The molecule has 0 saturated heterocycles. The summed E-state index contributed by atoms with van der Waals surface area (Å²) in [4.78, 5) is 0. The Morgan fingerprint density at radius 1 is 0.327 bits per heavy atom. The minimum atomic E-state index is -1.13. The lowest BCUT2D eigenvalue weighted by Gasteiger charge is -2.18. The van der Waals surface area contributed by atoms with Crippen molar-refractivity contribution in [3.05, 3.63) is 181 Å². The Bertz CT molecular complexity index is 4450. The van der Waals surface area contributed by atoms with Gasteiger partial charge in [0.2, 0.25) is 0 Å². The number of fused-ring (bicyclic) bond motifs is 6. The van der Waals surface area contributed by atoms with Crippen molar-refractivity contribution in [2.24, 2.45) is 0 Å². The van der Waals surface area contributed by atoms with E-state index in [1.54, 1.807) is 0 Å². The molecule has 9 aromatic carbocycles. The summed E-state index contributed by atoms with van der Waals surface area (Å²) in [5.74, 6) is 0. The first kappa shape index (κ1) is 11.1. The third-order valence-corrected chi connectivity index (χ3v) is 7.94. The van der Waals surface area contributed by atoms with Crippen LogP contribution in [0.4, 0.5) is 0 Å². The second-order valence-corrected chi connectivity index (χ2v) is 10.5. The fourth-order valence-corrected chi connectivity index (χ4v) is 5.91. The van der Waals surface area contributed by atoms with Gasteiger partial charge >= 0.3 is 0 Å². The van der Waals surface area contributed by atoms with Crippen LogP contribution in [0, 0.1) is 0 Å². The topological polar surface area (TPSA) is 13.1 Å². The van der Waals surface area contributed by atoms with Crippen molar-refractivity contribution in [3.63, 3.8) is 0 Å². The Kier molecular flexibility index (Phi) is 2.50. The molecule has 1 heteroatoms. The molecule has 1 heterocycles. The predicted octanol–water partition coefficient (Wildman–Crippen LogP) is 13.7. The molecule has 0 N–H and O–H groups in total. The van der Waals surface area contributed by atoms with Crippen LogP contribution in [0.5, 0.6) is 0 Å². The van der Waals surface area contributed by atoms with Gasteiger partial charge in [-0.3, -0.25) is 0 Å². The van der Waals surface area contributed by atoms with Crippen molar-refractivity contribution in [3.8, 4) is 44.5 Å². The molecule has 0 saturated carbocycles. The van der Waals surface area contributed by atoms with Crippen molar-refractivity contribution in [2.75, 3.05) is 0 Å². The van der Waals surface area contributed by atoms with E-state index in [2.05, 4.69) is 0 Å². The first-order valence-corrected chi connectivity index (χ1v) is 14.4. The Morgan fingerprint density at radius 2 is 0.816 bits per heavy atom. The Balaban J connectivity index is 1.48. The molecule has 0 atom stereocenters. The highest BCUT2D eigenvalue weighted by atomic mass is 16.3. The smallest absolute Gasteiger partial charge is 0.143 e. The minimum absolute atomic E-state index is 0.564. The lowest BCUT2D eigenvalue weighted by Crippen LogP contribution is -1.91. The molecule has 0 amide bonds. The molecule has 0 unspecified atom stereocenters. The van der Waals surface area contributed by atoms with Crippen molar-refractivity contribution in [1.82, 2.24) is 0 Å². The van der Waals surface area contributed by atoms with E-state index in [-0.39, 0.29) is 0 Å². The number of rotatable bonds is 4. The second-order valence-electron chi connectivity index (χ2n) is 10.5. The maximum absolute atomic E-state index is 9.61. The first-order valence-electron chi connectivity index (χ1n) is 29.4. The first-order chi connectivity index (χ1) is 36.8. The summed E-state index contributed by atoms with van der Waals surface area (Å²) in [7, 11) is 0. The molecule has 0 aliphatic rings. The highest BCUT2D eigenvalue weighted by Crippen LogP contribution is 2.47. The van der Waals surface area contributed by atoms with E-state index in [9.17, 15) is 15.1 Å². The second kappa shape index (κ2) is 11.1. The van der Waals surface area contributed by atoms with E-state index in [0.29, 0.717) is 0 Å². The van der Waals surface area contributed by atoms with Gasteiger partial charge in [0.15, 0.2) is 0 Å². The van der Waals surface area contributed by atoms with E-state index >= 15 is 0 Å². The highest BCUT2D eigenvalue weighted by Gasteiger charge is 2.21. The van der Waals surface area contributed by atoms with Gasteiger partial charge in [-0.25, -0.2) is 0 Å². The van der Waals surface area contributed by atoms with Crippen LogP contribution in [0.2, 0.25) is 0 Å². The van der Waals surface area contributed by atoms with Crippen LogP contribution >= 0.6 is 0 Å².